The summed E-state index contributed by atoms with van der Waals surface area (Å²) in [4.78, 5) is 51.3. The van der Waals surface area contributed by atoms with Crippen molar-refractivity contribution in [3.05, 3.63) is 53.7 Å². The average molecular weight is 650 g/mol. The summed E-state index contributed by atoms with van der Waals surface area (Å²) in [7, 11) is 4.42. The number of alkyl carbamates (subject to hydrolysis) is 1. The fourth-order valence-electron chi connectivity index (χ4n) is 6.01. The number of rotatable bonds is 13. The minimum Gasteiger partial charge on any atom is -0.493 e. The molecule has 252 valence electrons. The van der Waals surface area contributed by atoms with E-state index in [-0.39, 0.29) is 23.0 Å². The quantitative estimate of drug-likeness (QED) is 0.210. The number of aliphatic carboxylic acids is 1. The predicted octanol–water partition coefficient (Wildman–Crippen LogP) is 5.26. The number of hydrogen-bond donors (Lipinski definition) is 3. The molecule has 12 nitrogen and oxygen atoms in total. The summed E-state index contributed by atoms with van der Waals surface area (Å²) in [5.74, 6) is -1.61. The van der Waals surface area contributed by atoms with E-state index in [2.05, 4.69) is 10.6 Å². The molecule has 3 amide bonds. The first-order valence-corrected chi connectivity index (χ1v) is 15.4. The van der Waals surface area contributed by atoms with Gasteiger partial charge in [-0.15, -0.1) is 0 Å². The summed E-state index contributed by atoms with van der Waals surface area (Å²) in [5.41, 5.74) is 1.46. The first kappa shape index (κ1) is 34.9. The van der Waals surface area contributed by atoms with Crippen molar-refractivity contribution in [3.63, 3.8) is 0 Å². The number of carbonyl (C=O) groups is 4. The number of amides is 3. The van der Waals surface area contributed by atoms with Crippen molar-refractivity contribution < 1.29 is 43.2 Å². The van der Waals surface area contributed by atoms with Gasteiger partial charge in [0.25, 0.3) is 11.8 Å². The second kappa shape index (κ2) is 14.2. The van der Waals surface area contributed by atoms with Crippen LogP contribution in [0.15, 0.2) is 42.6 Å². The van der Waals surface area contributed by atoms with Gasteiger partial charge in [-0.2, -0.15) is 0 Å². The highest BCUT2D eigenvalue weighted by Crippen LogP contribution is 2.43. The Morgan fingerprint density at radius 1 is 0.957 bits per heavy atom. The van der Waals surface area contributed by atoms with Gasteiger partial charge in [0.15, 0.2) is 11.5 Å². The Labute approximate surface area is 274 Å². The van der Waals surface area contributed by atoms with Crippen LogP contribution in [0.4, 0.5) is 4.79 Å². The first-order chi connectivity index (χ1) is 22.2. The van der Waals surface area contributed by atoms with E-state index >= 15 is 0 Å². The molecular weight excluding hydrogens is 606 g/mol. The smallest absolute Gasteiger partial charge is 0.408 e. The molecule has 0 aliphatic carbocycles. The molecule has 2 heterocycles. The van der Waals surface area contributed by atoms with Crippen LogP contribution >= 0.6 is 0 Å². The SMILES string of the molecule is COc1cc(C2=C(c3cn(CCCC(C(C)C)C(NC(=O)OC(C)(C)C)C(=O)O)c4ccccc34)C(=O)NC2=O)cc(OC)c1OC. The molecule has 2 aromatic carbocycles. The number of para-hydroxylation sites is 1. The Morgan fingerprint density at radius 2 is 1.57 bits per heavy atom. The van der Waals surface area contributed by atoms with Crippen LogP contribution in [0, 0.1) is 11.8 Å². The van der Waals surface area contributed by atoms with Crippen molar-refractivity contribution in [3.8, 4) is 17.2 Å². The lowest BCUT2D eigenvalue weighted by Gasteiger charge is -2.29. The Hall–Kier alpha value is -5.00. The van der Waals surface area contributed by atoms with Gasteiger partial charge in [-0.1, -0.05) is 32.0 Å². The van der Waals surface area contributed by atoms with Crippen LogP contribution in [0.5, 0.6) is 17.2 Å². The zero-order valence-corrected chi connectivity index (χ0v) is 28.1. The monoisotopic (exact) mass is 649 g/mol. The lowest BCUT2D eigenvalue weighted by atomic mass is 9.84. The largest absolute Gasteiger partial charge is 0.493 e. The highest BCUT2D eigenvalue weighted by atomic mass is 16.6. The van der Waals surface area contributed by atoms with E-state index in [1.54, 1.807) is 32.9 Å². The van der Waals surface area contributed by atoms with E-state index in [0.29, 0.717) is 47.8 Å². The molecule has 1 aliphatic rings. The number of ether oxygens (including phenoxy) is 4. The zero-order valence-electron chi connectivity index (χ0n) is 28.1. The molecule has 3 N–H and O–H groups in total. The summed E-state index contributed by atoms with van der Waals surface area (Å²) in [6.45, 7) is 9.48. The van der Waals surface area contributed by atoms with Gasteiger partial charge in [0.05, 0.1) is 32.5 Å². The third-order valence-electron chi connectivity index (χ3n) is 8.10. The zero-order chi connectivity index (χ0) is 34.6. The van der Waals surface area contributed by atoms with Crippen LogP contribution in [-0.2, 0) is 25.7 Å². The number of benzene rings is 2. The number of aromatic nitrogens is 1. The number of imide groups is 1. The molecule has 2 atom stereocenters. The minimum absolute atomic E-state index is 0.0533. The molecule has 0 spiro atoms. The molecule has 1 aromatic heterocycles. The molecule has 3 aromatic rings. The third-order valence-corrected chi connectivity index (χ3v) is 8.10. The minimum atomic E-state index is -1.14. The number of carbonyl (C=O) groups excluding carboxylic acids is 3. The molecule has 0 saturated heterocycles. The summed E-state index contributed by atoms with van der Waals surface area (Å²) in [6.07, 6.45) is 2.13. The van der Waals surface area contributed by atoms with Gasteiger partial charge in [0, 0.05) is 29.2 Å². The van der Waals surface area contributed by atoms with Crippen LogP contribution in [0.1, 0.15) is 58.6 Å². The molecule has 1 aliphatic heterocycles. The fraction of sp³-hybridized carbons (Fsp3) is 0.429. The Morgan fingerprint density at radius 3 is 2.13 bits per heavy atom. The van der Waals surface area contributed by atoms with Gasteiger partial charge in [0.2, 0.25) is 5.75 Å². The van der Waals surface area contributed by atoms with Crippen LogP contribution in [0.25, 0.3) is 22.0 Å². The second-order valence-electron chi connectivity index (χ2n) is 12.7. The van der Waals surface area contributed by atoms with Crippen molar-refractivity contribution in [2.75, 3.05) is 21.3 Å². The van der Waals surface area contributed by atoms with E-state index in [1.807, 2.05) is 48.9 Å². The van der Waals surface area contributed by atoms with Crippen LogP contribution in [0.3, 0.4) is 0 Å². The number of methoxy groups -OCH3 is 3. The Kier molecular flexibility index (Phi) is 10.5. The summed E-state index contributed by atoms with van der Waals surface area (Å²) in [5, 5.41) is 15.8. The third kappa shape index (κ3) is 7.53. The molecule has 0 saturated carbocycles. The standard InChI is InChI=1S/C35H43N3O9/c1-19(2)21(29(33(41)42)36-34(43)47-35(3,4)5)13-11-15-38-18-23(22-12-9-10-14-24(22)38)28-27(31(39)37-32(28)40)20-16-25(44-6)30(46-8)26(17-20)45-7/h9-10,12,14,16-19,21,29H,11,13,15H2,1-8H3,(H,36,43)(H,41,42)(H,37,39,40). The molecule has 2 unspecified atom stereocenters. The number of nitrogens with zero attached hydrogens (tertiary/aromatic N) is 1. The van der Waals surface area contributed by atoms with E-state index in [9.17, 15) is 24.3 Å². The van der Waals surface area contributed by atoms with Crippen molar-refractivity contribution in [1.29, 1.82) is 0 Å². The number of carboxylic acids is 1. The van der Waals surface area contributed by atoms with Crippen molar-refractivity contribution in [2.45, 2.75) is 65.6 Å². The van der Waals surface area contributed by atoms with Gasteiger partial charge < -0.3 is 33.9 Å². The number of aryl methyl sites for hydroxylation is 1. The number of fused-ring (bicyclic) bond motifs is 1. The molecular formula is C35H43N3O9. The van der Waals surface area contributed by atoms with E-state index in [4.69, 9.17) is 18.9 Å². The number of carboxylic acid groups (broad SMARTS) is 1. The lowest BCUT2D eigenvalue weighted by Crippen LogP contribution is -2.49. The molecule has 0 fully saturated rings. The fourth-order valence-corrected chi connectivity index (χ4v) is 6.01. The van der Waals surface area contributed by atoms with Gasteiger partial charge in [-0.3, -0.25) is 14.9 Å². The molecule has 47 heavy (non-hydrogen) atoms. The highest BCUT2D eigenvalue weighted by Gasteiger charge is 2.36. The highest BCUT2D eigenvalue weighted by molar-refractivity contribution is 6.50. The second-order valence-corrected chi connectivity index (χ2v) is 12.7. The maximum absolute atomic E-state index is 13.4. The van der Waals surface area contributed by atoms with E-state index in [1.165, 1.54) is 21.3 Å². The Balaban J connectivity index is 1.70. The van der Waals surface area contributed by atoms with E-state index in [0.717, 1.165) is 10.9 Å². The normalized spacial score (nSPS) is 14.7. The maximum Gasteiger partial charge on any atom is 0.408 e. The van der Waals surface area contributed by atoms with Crippen LogP contribution in [-0.4, -0.2) is 66.5 Å². The molecule has 0 bridgehead atoms. The predicted molar refractivity (Wildman–Crippen MR) is 176 cm³/mol. The number of nitrogens with one attached hydrogen (secondary N) is 2. The summed E-state index contributed by atoms with van der Waals surface area (Å²) in [6, 6.07) is 9.68. The van der Waals surface area contributed by atoms with Crippen molar-refractivity contribution >= 4 is 45.9 Å². The average Bonchev–Trinajstić information content (AvgIpc) is 3.51. The van der Waals surface area contributed by atoms with Crippen LogP contribution in [0.2, 0.25) is 0 Å². The van der Waals surface area contributed by atoms with Crippen molar-refractivity contribution in [1.82, 2.24) is 15.2 Å². The van der Waals surface area contributed by atoms with Gasteiger partial charge >= 0.3 is 12.1 Å². The van der Waals surface area contributed by atoms with E-state index < -0.39 is 35.5 Å². The molecule has 12 heteroatoms. The topological polar surface area (TPSA) is 154 Å². The maximum atomic E-state index is 13.4. The van der Waals surface area contributed by atoms with Crippen LogP contribution < -0.4 is 24.8 Å². The van der Waals surface area contributed by atoms with Gasteiger partial charge in [0.1, 0.15) is 11.6 Å². The lowest BCUT2D eigenvalue weighted by molar-refractivity contribution is -0.141. The van der Waals surface area contributed by atoms with Gasteiger partial charge in [-0.05, 0) is 69.2 Å². The Bertz CT molecular complexity index is 1690. The van der Waals surface area contributed by atoms with Gasteiger partial charge in [-0.25, -0.2) is 9.59 Å². The first-order valence-electron chi connectivity index (χ1n) is 15.4. The molecule has 4 rings (SSSR count). The summed E-state index contributed by atoms with van der Waals surface area (Å²) < 4.78 is 23.7. The summed E-state index contributed by atoms with van der Waals surface area (Å²) >= 11 is 0. The van der Waals surface area contributed by atoms with Crippen molar-refractivity contribution in [2.24, 2.45) is 11.8 Å². The molecule has 0 radical (unpaired) electrons. The number of hydrogen-bond acceptors (Lipinski definition) is 8.